The van der Waals surface area contributed by atoms with Gasteiger partial charge in [-0.05, 0) is 29.8 Å². The van der Waals surface area contributed by atoms with Crippen molar-refractivity contribution >= 4 is 15.9 Å². The summed E-state index contributed by atoms with van der Waals surface area (Å²) in [6, 6.07) is 0.556. The Morgan fingerprint density at radius 1 is 1.67 bits per heavy atom. The molecule has 1 unspecified atom stereocenters. The SMILES string of the molecule is CC(C)N1C=CNC1Br. The third-order valence-corrected chi connectivity index (χ3v) is 2.08. The molecule has 0 aliphatic carbocycles. The number of alkyl halides is 1. The average molecular weight is 191 g/mol. The van der Waals surface area contributed by atoms with E-state index in [9.17, 15) is 0 Å². The smallest absolute Gasteiger partial charge is 0.156 e. The lowest BCUT2D eigenvalue weighted by Gasteiger charge is -2.24. The van der Waals surface area contributed by atoms with Gasteiger partial charge in [0.1, 0.15) is 0 Å². The van der Waals surface area contributed by atoms with E-state index in [1.807, 2.05) is 12.4 Å². The molecular formula is C6H11BrN2. The fourth-order valence-electron chi connectivity index (χ4n) is 0.804. The molecule has 1 N–H and O–H groups in total. The molecule has 0 aromatic rings. The van der Waals surface area contributed by atoms with Crippen molar-refractivity contribution in [3.8, 4) is 0 Å². The van der Waals surface area contributed by atoms with E-state index < -0.39 is 0 Å². The third-order valence-electron chi connectivity index (χ3n) is 1.34. The molecule has 0 bridgehead atoms. The molecule has 0 amide bonds. The predicted molar refractivity (Wildman–Crippen MR) is 42.0 cm³/mol. The van der Waals surface area contributed by atoms with Gasteiger partial charge in [-0.1, -0.05) is 0 Å². The molecule has 9 heavy (non-hydrogen) atoms. The molecule has 0 spiro atoms. The van der Waals surface area contributed by atoms with Gasteiger partial charge in [0.15, 0.2) is 5.08 Å². The van der Waals surface area contributed by atoms with Gasteiger partial charge in [0, 0.05) is 18.4 Å². The summed E-state index contributed by atoms with van der Waals surface area (Å²) in [7, 11) is 0. The van der Waals surface area contributed by atoms with E-state index >= 15 is 0 Å². The van der Waals surface area contributed by atoms with E-state index in [0.29, 0.717) is 6.04 Å². The molecule has 2 nitrogen and oxygen atoms in total. The van der Waals surface area contributed by atoms with E-state index in [1.54, 1.807) is 0 Å². The number of rotatable bonds is 1. The minimum absolute atomic E-state index is 0.289. The van der Waals surface area contributed by atoms with Gasteiger partial charge in [-0.3, -0.25) is 0 Å². The predicted octanol–water partition coefficient (Wildman–Crippen LogP) is 1.45. The Balaban J connectivity index is 2.49. The second kappa shape index (κ2) is 2.60. The molecule has 1 aliphatic heterocycles. The Bertz CT molecular complexity index is 122. The quantitative estimate of drug-likeness (QED) is 0.498. The summed E-state index contributed by atoms with van der Waals surface area (Å²) in [5, 5.41) is 3.40. The maximum Gasteiger partial charge on any atom is 0.156 e. The lowest BCUT2D eigenvalue weighted by atomic mass is 10.4. The first kappa shape index (κ1) is 6.93. The van der Waals surface area contributed by atoms with Crippen LogP contribution in [0.2, 0.25) is 0 Å². The van der Waals surface area contributed by atoms with Crippen molar-refractivity contribution in [2.24, 2.45) is 0 Å². The highest BCUT2D eigenvalue weighted by Gasteiger charge is 2.16. The van der Waals surface area contributed by atoms with Gasteiger partial charge in [-0.25, -0.2) is 0 Å². The van der Waals surface area contributed by atoms with Gasteiger partial charge in [-0.15, -0.1) is 0 Å². The van der Waals surface area contributed by atoms with Crippen LogP contribution in [0.3, 0.4) is 0 Å². The Morgan fingerprint density at radius 3 is 2.56 bits per heavy atom. The van der Waals surface area contributed by atoms with Crippen LogP contribution in [-0.4, -0.2) is 16.0 Å². The van der Waals surface area contributed by atoms with Crippen LogP contribution in [0.5, 0.6) is 0 Å². The van der Waals surface area contributed by atoms with Gasteiger partial charge in [-0.2, -0.15) is 0 Å². The molecule has 1 heterocycles. The molecule has 3 heteroatoms. The van der Waals surface area contributed by atoms with E-state index in [-0.39, 0.29) is 5.08 Å². The monoisotopic (exact) mass is 190 g/mol. The maximum atomic E-state index is 3.46. The average Bonchev–Trinajstić information content (AvgIpc) is 2.13. The van der Waals surface area contributed by atoms with E-state index in [0.717, 1.165) is 0 Å². The molecule has 0 aromatic heterocycles. The summed E-state index contributed by atoms with van der Waals surface area (Å²) in [5.74, 6) is 0. The van der Waals surface area contributed by atoms with Crippen LogP contribution < -0.4 is 5.32 Å². The molecular weight excluding hydrogens is 180 g/mol. The van der Waals surface area contributed by atoms with Gasteiger partial charge in [0.05, 0.1) is 0 Å². The lowest BCUT2D eigenvalue weighted by molar-refractivity contribution is 0.304. The first-order valence-electron chi connectivity index (χ1n) is 3.06. The van der Waals surface area contributed by atoms with Gasteiger partial charge in [0.25, 0.3) is 0 Å². The zero-order valence-corrected chi connectivity index (χ0v) is 7.22. The molecule has 0 saturated heterocycles. The zero-order chi connectivity index (χ0) is 6.85. The van der Waals surface area contributed by atoms with E-state index in [2.05, 4.69) is 40.0 Å². The van der Waals surface area contributed by atoms with Crippen molar-refractivity contribution in [2.75, 3.05) is 0 Å². The van der Waals surface area contributed by atoms with Gasteiger partial charge in [0.2, 0.25) is 0 Å². The summed E-state index contributed by atoms with van der Waals surface area (Å²) in [6.07, 6.45) is 3.99. The number of nitrogens with one attached hydrogen (secondary N) is 1. The van der Waals surface area contributed by atoms with Gasteiger partial charge < -0.3 is 10.2 Å². The van der Waals surface area contributed by atoms with Crippen molar-refractivity contribution in [1.82, 2.24) is 10.2 Å². The van der Waals surface area contributed by atoms with Crippen LogP contribution in [0, 0.1) is 0 Å². The van der Waals surface area contributed by atoms with Crippen molar-refractivity contribution < 1.29 is 0 Å². The minimum atomic E-state index is 0.289. The second-order valence-corrected chi connectivity index (χ2v) is 3.23. The second-order valence-electron chi connectivity index (χ2n) is 2.36. The number of nitrogens with zero attached hydrogens (tertiary/aromatic N) is 1. The van der Waals surface area contributed by atoms with E-state index in [1.165, 1.54) is 0 Å². The number of hydrogen-bond acceptors (Lipinski definition) is 2. The summed E-state index contributed by atoms with van der Waals surface area (Å²) < 4.78 is 0. The standard InChI is InChI=1S/C6H11BrN2/c1-5(2)9-4-3-8-6(9)7/h3-6,8H,1-2H3. The zero-order valence-electron chi connectivity index (χ0n) is 5.63. The Morgan fingerprint density at radius 2 is 2.33 bits per heavy atom. The molecule has 1 aliphatic rings. The minimum Gasteiger partial charge on any atom is -0.361 e. The van der Waals surface area contributed by atoms with Gasteiger partial charge >= 0.3 is 0 Å². The summed E-state index contributed by atoms with van der Waals surface area (Å²) in [4.78, 5) is 2.19. The first-order valence-corrected chi connectivity index (χ1v) is 3.97. The van der Waals surface area contributed by atoms with Crippen molar-refractivity contribution in [2.45, 2.75) is 25.0 Å². The topological polar surface area (TPSA) is 15.3 Å². The largest absolute Gasteiger partial charge is 0.361 e. The van der Waals surface area contributed by atoms with Crippen molar-refractivity contribution in [3.63, 3.8) is 0 Å². The van der Waals surface area contributed by atoms with Crippen LogP contribution in [0.15, 0.2) is 12.4 Å². The Hall–Kier alpha value is -0.180. The number of hydrogen-bond donors (Lipinski definition) is 1. The highest BCUT2D eigenvalue weighted by molar-refractivity contribution is 9.09. The summed E-state index contributed by atoms with van der Waals surface area (Å²) >= 11 is 3.46. The molecule has 1 atom stereocenters. The first-order chi connectivity index (χ1) is 4.22. The Labute approximate surface area is 64.0 Å². The van der Waals surface area contributed by atoms with Crippen molar-refractivity contribution in [3.05, 3.63) is 12.4 Å². The molecule has 52 valence electrons. The van der Waals surface area contributed by atoms with Crippen LogP contribution >= 0.6 is 15.9 Å². The molecule has 0 saturated carbocycles. The molecule has 0 aromatic carbocycles. The Kier molecular flexibility index (Phi) is 2.01. The summed E-state index contributed by atoms with van der Waals surface area (Å²) in [5.41, 5.74) is 0. The van der Waals surface area contributed by atoms with Crippen LogP contribution in [0.4, 0.5) is 0 Å². The van der Waals surface area contributed by atoms with Crippen LogP contribution in [0.1, 0.15) is 13.8 Å². The highest BCUT2D eigenvalue weighted by Crippen LogP contribution is 2.13. The molecule has 0 fully saturated rings. The fourth-order valence-corrected chi connectivity index (χ4v) is 1.57. The fraction of sp³-hybridized carbons (Fsp3) is 0.667. The third kappa shape index (κ3) is 1.39. The number of halogens is 1. The molecule has 1 rings (SSSR count). The van der Waals surface area contributed by atoms with E-state index in [4.69, 9.17) is 0 Å². The van der Waals surface area contributed by atoms with Crippen molar-refractivity contribution in [1.29, 1.82) is 0 Å². The normalized spacial score (nSPS) is 25.3. The highest BCUT2D eigenvalue weighted by atomic mass is 79.9. The summed E-state index contributed by atoms with van der Waals surface area (Å²) in [6.45, 7) is 4.32. The maximum absolute atomic E-state index is 3.46. The van der Waals surface area contributed by atoms with Crippen LogP contribution in [0.25, 0.3) is 0 Å². The van der Waals surface area contributed by atoms with Crippen LogP contribution in [-0.2, 0) is 0 Å². The molecule has 0 radical (unpaired) electrons. The lowest BCUT2D eigenvalue weighted by Crippen LogP contribution is -2.34.